The molecular weight excluding hydrogens is 142 g/mol. The highest BCUT2D eigenvalue weighted by Gasteiger charge is 2.03. The predicted octanol–water partition coefficient (Wildman–Crippen LogP) is 0.512. The van der Waals surface area contributed by atoms with Crippen LogP contribution in [0.4, 0.5) is 5.69 Å². The maximum atomic E-state index is 10.9. The van der Waals surface area contributed by atoms with Gasteiger partial charge in [-0.25, -0.2) is 4.79 Å². The monoisotopic (exact) mass is 149 g/mol. The second-order valence-electron chi connectivity index (χ2n) is 2.12. The Hall–Kier alpha value is -1.69. The number of terminal acetylenes is 1. The molecule has 0 radical (unpaired) electrons. The molecule has 3 nitrogen and oxygen atoms in total. The van der Waals surface area contributed by atoms with Gasteiger partial charge < -0.3 is 10.2 Å². The summed E-state index contributed by atoms with van der Waals surface area (Å²) in [6, 6.07) is 1.52. The third kappa shape index (κ3) is 1.24. The first-order valence-corrected chi connectivity index (χ1v) is 3.02. The molecule has 0 bridgehead atoms. The Kier molecular flexibility index (Phi) is 1.69. The van der Waals surface area contributed by atoms with E-state index >= 15 is 0 Å². The summed E-state index contributed by atoms with van der Waals surface area (Å²) >= 11 is 0. The minimum absolute atomic E-state index is 0.0931. The molecule has 11 heavy (non-hydrogen) atoms. The number of aryl methyl sites for hydroxylation is 1. The molecule has 1 aromatic rings. The Morgan fingerprint density at radius 2 is 2.36 bits per heavy atom. The molecule has 0 saturated heterocycles. The third-order valence-corrected chi connectivity index (χ3v) is 1.25. The number of nitrogen functional groups attached to an aromatic ring is 1. The molecule has 0 aromatic carbocycles. The second kappa shape index (κ2) is 2.51. The maximum absolute atomic E-state index is 10.9. The lowest BCUT2D eigenvalue weighted by Crippen LogP contribution is -2.08. The van der Waals surface area contributed by atoms with Gasteiger partial charge in [0.05, 0.1) is 5.69 Å². The molecule has 0 saturated carbocycles. The predicted molar refractivity (Wildman–Crippen MR) is 42.1 cm³/mol. The molecule has 3 heteroatoms. The highest BCUT2D eigenvalue weighted by atomic mass is 16.4. The summed E-state index contributed by atoms with van der Waals surface area (Å²) in [6.45, 7) is 1.64. The van der Waals surface area contributed by atoms with E-state index < -0.39 is 5.63 Å². The normalized spacial score (nSPS) is 9.09. The zero-order valence-corrected chi connectivity index (χ0v) is 6.05. The highest BCUT2D eigenvalue weighted by molar-refractivity contribution is 5.53. The first kappa shape index (κ1) is 7.42. The summed E-state index contributed by atoms with van der Waals surface area (Å²) in [5.74, 6) is 2.62. The summed E-state index contributed by atoms with van der Waals surface area (Å²) in [5, 5.41) is 0. The van der Waals surface area contributed by atoms with E-state index in [-0.39, 0.29) is 5.56 Å². The number of anilines is 1. The van der Waals surface area contributed by atoms with Crippen molar-refractivity contribution in [3.8, 4) is 12.3 Å². The van der Waals surface area contributed by atoms with Gasteiger partial charge in [0.25, 0.3) is 0 Å². The van der Waals surface area contributed by atoms with Crippen LogP contribution in [0, 0.1) is 19.3 Å². The van der Waals surface area contributed by atoms with E-state index in [1.807, 2.05) is 0 Å². The standard InChI is InChI=1S/C8H7NO2/c1-3-6-7(9)4-5(2)11-8(6)10/h1,4H,9H2,2H3. The number of rotatable bonds is 0. The first-order chi connectivity index (χ1) is 5.15. The Morgan fingerprint density at radius 3 is 2.82 bits per heavy atom. The van der Waals surface area contributed by atoms with Gasteiger partial charge in [0, 0.05) is 6.07 Å². The second-order valence-corrected chi connectivity index (χ2v) is 2.12. The fourth-order valence-corrected chi connectivity index (χ4v) is 0.778. The van der Waals surface area contributed by atoms with Gasteiger partial charge >= 0.3 is 5.63 Å². The SMILES string of the molecule is C#Cc1c(N)cc(C)oc1=O. The van der Waals surface area contributed by atoms with E-state index in [1.165, 1.54) is 6.07 Å². The van der Waals surface area contributed by atoms with Crippen molar-refractivity contribution < 1.29 is 4.42 Å². The van der Waals surface area contributed by atoms with Crippen molar-refractivity contribution in [2.75, 3.05) is 5.73 Å². The minimum atomic E-state index is -0.551. The van der Waals surface area contributed by atoms with Crippen molar-refractivity contribution in [2.45, 2.75) is 6.92 Å². The van der Waals surface area contributed by atoms with Crippen molar-refractivity contribution in [3.05, 3.63) is 27.8 Å². The van der Waals surface area contributed by atoms with Crippen LogP contribution in [0.3, 0.4) is 0 Å². The zero-order chi connectivity index (χ0) is 8.43. The smallest absolute Gasteiger partial charge is 0.353 e. The molecule has 0 aliphatic rings. The van der Waals surface area contributed by atoms with Gasteiger partial charge in [-0.2, -0.15) is 0 Å². The Morgan fingerprint density at radius 1 is 1.73 bits per heavy atom. The van der Waals surface area contributed by atoms with Crippen molar-refractivity contribution in [1.82, 2.24) is 0 Å². The van der Waals surface area contributed by atoms with Crippen LogP contribution in [0.1, 0.15) is 11.3 Å². The van der Waals surface area contributed by atoms with Crippen LogP contribution >= 0.6 is 0 Å². The molecule has 0 spiro atoms. The number of nitrogens with two attached hydrogens (primary N) is 1. The Bertz CT molecular complexity index is 371. The van der Waals surface area contributed by atoms with Gasteiger partial charge in [0.1, 0.15) is 11.3 Å². The van der Waals surface area contributed by atoms with Crippen LogP contribution in [0.25, 0.3) is 0 Å². The van der Waals surface area contributed by atoms with Gasteiger partial charge in [0.15, 0.2) is 0 Å². The molecule has 0 fully saturated rings. The molecular formula is C8H7NO2. The van der Waals surface area contributed by atoms with E-state index in [2.05, 4.69) is 5.92 Å². The Labute approximate surface area is 63.8 Å². The van der Waals surface area contributed by atoms with Crippen molar-refractivity contribution >= 4 is 5.69 Å². The topological polar surface area (TPSA) is 56.2 Å². The fourth-order valence-electron chi connectivity index (χ4n) is 0.778. The molecule has 0 unspecified atom stereocenters. The van der Waals surface area contributed by atoms with Crippen LogP contribution in [0.2, 0.25) is 0 Å². The van der Waals surface area contributed by atoms with Gasteiger partial charge in [-0.3, -0.25) is 0 Å². The number of hydrogen-bond acceptors (Lipinski definition) is 3. The van der Waals surface area contributed by atoms with E-state index in [0.717, 1.165) is 0 Å². The average Bonchev–Trinajstić information content (AvgIpc) is 1.85. The van der Waals surface area contributed by atoms with Crippen molar-refractivity contribution in [1.29, 1.82) is 0 Å². The summed E-state index contributed by atoms with van der Waals surface area (Å²) in [7, 11) is 0. The molecule has 56 valence electrons. The molecule has 0 aliphatic heterocycles. The summed E-state index contributed by atoms with van der Waals surface area (Å²) in [5.41, 5.74) is 5.27. The van der Waals surface area contributed by atoms with Gasteiger partial charge in [-0.15, -0.1) is 6.42 Å². The summed E-state index contributed by atoms with van der Waals surface area (Å²) < 4.78 is 4.70. The third-order valence-electron chi connectivity index (χ3n) is 1.25. The average molecular weight is 149 g/mol. The van der Waals surface area contributed by atoms with E-state index in [4.69, 9.17) is 16.6 Å². The van der Waals surface area contributed by atoms with Gasteiger partial charge in [-0.05, 0) is 6.92 Å². The van der Waals surface area contributed by atoms with E-state index in [1.54, 1.807) is 6.92 Å². The van der Waals surface area contributed by atoms with Crippen LogP contribution in [-0.4, -0.2) is 0 Å². The number of hydrogen-bond donors (Lipinski definition) is 1. The van der Waals surface area contributed by atoms with Crippen molar-refractivity contribution in [3.63, 3.8) is 0 Å². The molecule has 1 rings (SSSR count). The Balaban J connectivity index is 3.53. The zero-order valence-electron chi connectivity index (χ0n) is 6.05. The summed E-state index contributed by atoms with van der Waals surface area (Å²) in [6.07, 6.45) is 5.01. The highest BCUT2D eigenvalue weighted by Crippen LogP contribution is 2.06. The van der Waals surface area contributed by atoms with Gasteiger partial charge in [0.2, 0.25) is 0 Å². The lowest BCUT2D eigenvalue weighted by molar-refractivity contribution is 0.479. The fraction of sp³-hybridized carbons (Fsp3) is 0.125. The summed E-state index contributed by atoms with van der Waals surface area (Å²) in [4.78, 5) is 10.9. The minimum Gasteiger partial charge on any atom is -0.427 e. The van der Waals surface area contributed by atoms with Crippen LogP contribution in [0.5, 0.6) is 0 Å². The molecule has 1 aromatic heterocycles. The maximum Gasteiger partial charge on any atom is 0.353 e. The van der Waals surface area contributed by atoms with Crippen LogP contribution < -0.4 is 11.4 Å². The van der Waals surface area contributed by atoms with E-state index in [0.29, 0.717) is 11.4 Å². The van der Waals surface area contributed by atoms with Gasteiger partial charge in [-0.1, -0.05) is 5.92 Å². The lowest BCUT2D eigenvalue weighted by Gasteiger charge is -1.96. The molecule has 0 atom stereocenters. The molecule has 1 heterocycles. The van der Waals surface area contributed by atoms with Crippen molar-refractivity contribution in [2.24, 2.45) is 0 Å². The van der Waals surface area contributed by atoms with Crippen LogP contribution in [-0.2, 0) is 0 Å². The van der Waals surface area contributed by atoms with Crippen LogP contribution in [0.15, 0.2) is 15.3 Å². The molecule has 0 amide bonds. The quantitative estimate of drug-likeness (QED) is 0.547. The lowest BCUT2D eigenvalue weighted by atomic mass is 10.2. The first-order valence-electron chi connectivity index (χ1n) is 3.02. The largest absolute Gasteiger partial charge is 0.427 e. The molecule has 0 aliphatic carbocycles. The molecule has 2 N–H and O–H groups in total. The van der Waals surface area contributed by atoms with E-state index in [9.17, 15) is 4.79 Å².